The smallest absolute Gasteiger partial charge is 0.387 e. The Hall–Kier alpha value is -1.65. The third-order valence-corrected chi connectivity index (χ3v) is 3.95. The molecule has 0 bridgehead atoms. The Morgan fingerprint density at radius 2 is 1.85 bits per heavy atom. The number of alkyl halides is 2. The molecule has 26 heavy (non-hydrogen) atoms. The number of amides is 1. The summed E-state index contributed by atoms with van der Waals surface area (Å²) in [6.07, 6.45) is 0. The summed E-state index contributed by atoms with van der Waals surface area (Å²) in [5.41, 5.74) is 0.598. The second-order valence-corrected chi connectivity index (χ2v) is 5.65. The zero-order valence-electron chi connectivity index (χ0n) is 15.0. The minimum atomic E-state index is -2.86. The predicted octanol–water partition coefficient (Wildman–Crippen LogP) is 2.54. The number of rotatable bonds is 5. The average Bonchev–Trinajstić information content (AvgIpc) is 2.59. The highest BCUT2D eigenvalue weighted by atomic mass is 127. The molecule has 1 aliphatic rings. The van der Waals surface area contributed by atoms with Gasteiger partial charge in [0.25, 0.3) is 0 Å². The average molecular weight is 482 g/mol. The van der Waals surface area contributed by atoms with Gasteiger partial charge in [0.15, 0.2) is 5.96 Å². The number of piperazine rings is 1. The number of aliphatic imine (C=N–C) groups is 1. The standard InChI is InChI=1S/C17H24F2N4O2.HI/c1-3-20-17(23-10-8-22(9-11-23)13(2)24)21-12-14-6-4-5-7-15(14)25-16(18)19;/h4-7,16H,3,8-12H2,1-2H3,(H,20,21);1H. The molecule has 0 spiro atoms. The van der Waals surface area contributed by atoms with Crippen LogP contribution in [0.3, 0.4) is 0 Å². The van der Waals surface area contributed by atoms with E-state index in [9.17, 15) is 13.6 Å². The van der Waals surface area contributed by atoms with Crippen molar-refractivity contribution in [2.45, 2.75) is 27.0 Å². The van der Waals surface area contributed by atoms with Gasteiger partial charge in [-0.1, -0.05) is 18.2 Å². The van der Waals surface area contributed by atoms with Gasteiger partial charge < -0.3 is 19.9 Å². The van der Waals surface area contributed by atoms with Crippen molar-refractivity contribution in [2.24, 2.45) is 4.99 Å². The molecule has 0 aromatic heterocycles. The van der Waals surface area contributed by atoms with Crippen molar-refractivity contribution in [1.29, 1.82) is 0 Å². The van der Waals surface area contributed by atoms with Gasteiger partial charge in [-0.15, -0.1) is 24.0 Å². The number of carbonyl (C=O) groups is 1. The molecule has 0 radical (unpaired) electrons. The first-order valence-electron chi connectivity index (χ1n) is 8.32. The number of hydrogen-bond donors (Lipinski definition) is 1. The van der Waals surface area contributed by atoms with Crippen LogP contribution < -0.4 is 10.1 Å². The van der Waals surface area contributed by atoms with Crippen LogP contribution in [0.2, 0.25) is 0 Å². The van der Waals surface area contributed by atoms with Gasteiger partial charge in [0, 0.05) is 45.2 Å². The van der Waals surface area contributed by atoms with Crippen LogP contribution in [0.5, 0.6) is 5.75 Å². The number of carbonyl (C=O) groups excluding carboxylic acids is 1. The van der Waals surface area contributed by atoms with Crippen molar-refractivity contribution in [1.82, 2.24) is 15.1 Å². The zero-order valence-corrected chi connectivity index (χ0v) is 17.3. The van der Waals surface area contributed by atoms with Gasteiger partial charge in [0.2, 0.25) is 5.91 Å². The molecule has 0 aliphatic carbocycles. The first-order chi connectivity index (χ1) is 12.0. The molecule has 1 aromatic rings. The van der Waals surface area contributed by atoms with E-state index in [-0.39, 0.29) is 42.2 Å². The summed E-state index contributed by atoms with van der Waals surface area (Å²) >= 11 is 0. The monoisotopic (exact) mass is 482 g/mol. The van der Waals surface area contributed by atoms with E-state index < -0.39 is 6.61 Å². The van der Waals surface area contributed by atoms with Crippen LogP contribution in [-0.2, 0) is 11.3 Å². The van der Waals surface area contributed by atoms with Crippen molar-refractivity contribution in [2.75, 3.05) is 32.7 Å². The molecule has 1 saturated heterocycles. The Morgan fingerprint density at radius 3 is 2.42 bits per heavy atom. The summed E-state index contributed by atoms with van der Waals surface area (Å²) < 4.78 is 29.5. The lowest BCUT2D eigenvalue weighted by Gasteiger charge is -2.36. The van der Waals surface area contributed by atoms with Crippen molar-refractivity contribution < 1.29 is 18.3 Å². The first kappa shape index (κ1) is 22.4. The van der Waals surface area contributed by atoms with Crippen LogP contribution in [0.1, 0.15) is 19.4 Å². The molecule has 1 N–H and O–H groups in total. The fourth-order valence-corrected chi connectivity index (χ4v) is 2.66. The van der Waals surface area contributed by atoms with E-state index in [0.29, 0.717) is 44.2 Å². The van der Waals surface area contributed by atoms with E-state index in [2.05, 4.69) is 19.9 Å². The molecule has 1 aliphatic heterocycles. The minimum Gasteiger partial charge on any atom is -0.434 e. The van der Waals surface area contributed by atoms with Crippen molar-refractivity contribution in [3.63, 3.8) is 0 Å². The molecule has 1 fully saturated rings. The second-order valence-electron chi connectivity index (χ2n) is 5.65. The predicted molar refractivity (Wildman–Crippen MR) is 107 cm³/mol. The number of benzene rings is 1. The molecule has 0 saturated carbocycles. The molecule has 1 heterocycles. The summed E-state index contributed by atoms with van der Waals surface area (Å²) in [7, 11) is 0. The second kappa shape index (κ2) is 11.1. The summed E-state index contributed by atoms with van der Waals surface area (Å²) in [6, 6.07) is 6.65. The van der Waals surface area contributed by atoms with E-state index >= 15 is 0 Å². The molecule has 0 atom stereocenters. The lowest BCUT2D eigenvalue weighted by Crippen LogP contribution is -2.53. The van der Waals surface area contributed by atoms with Gasteiger partial charge in [-0.05, 0) is 13.0 Å². The maximum atomic E-state index is 12.5. The summed E-state index contributed by atoms with van der Waals surface area (Å²) in [6.45, 7) is 4.25. The highest BCUT2D eigenvalue weighted by molar-refractivity contribution is 14.0. The molecule has 146 valence electrons. The Balaban J connectivity index is 0.00000338. The highest BCUT2D eigenvalue weighted by Gasteiger charge is 2.21. The maximum Gasteiger partial charge on any atom is 0.387 e. The molecule has 1 amide bonds. The highest BCUT2D eigenvalue weighted by Crippen LogP contribution is 2.21. The summed E-state index contributed by atoms with van der Waals surface area (Å²) in [5.74, 6) is 0.913. The molecule has 0 unspecified atom stereocenters. The summed E-state index contributed by atoms with van der Waals surface area (Å²) in [5, 5.41) is 3.21. The Bertz CT molecular complexity index is 608. The Morgan fingerprint density at radius 1 is 1.23 bits per heavy atom. The van der Waals surface area contributed by atoms with Gasteiger partial charge in [0.1, 0.15) is 5.75 Å². The van der Waals surface area contributed by atoms with Crippen LogP contribution in [0, 0.1) is 0 Å². The zero-order chi connectivity index (χ0) is 18.2. The fourth-order valence-electron chi connectivity index (χ4n) is 2.66. The molecule has 9 heteroatoms. The quantitative estimate of drug-likeness (QED) is 0.398. The Kier molecular flexibility index (Phi) is 9.60. The fraction of sp³-hybridized carbons (Fsp3) is 0.529. The van der Waals surface area contributed by atoms with E-state index in [1.165, 1.54) is 6.07 Å². The maximum absolute atomic E-state index is 12.5. The number of nitrogens with zero attached hydrogens (tertiary/aromatic N) is 3. The van der Waals surface area contributed by atoms with Crippen LogP contribution in [0.4, 0.5) is 8.78 Å². The minimum absolute atomic E-state index is 0. The third-order valence-electron chi connectivity index (χ3n) is 3.95. The number of nitrogens with one attached hydrogen (secondary N) is 1. The van der Waals surface area contributed by atoms with Gasteiger partial charge in [-0.3, -0.25) is 4.79 Å². The van der Waals surface area contributed by atoms with E-state index in [0.717, 1.165) is 0 Å². The first-order valence-corrected chi connectivity index (χ1v) is 8.32. The molecular weight excluding hydrogens is 457 g/mol. The largest absolute Gasteiger partial charge is 0.434 e. The molecular formula is C17H25F2IN4O2. The lowest BCUT2D eigenvalue weighted by molar-refractivity contribution is -0.130. The Labute approximate surface area is 169 Å². The lowest BCUT2D eigenvalue weighted by atomic mass is 10.2. The van der Waals surface area contributed by atoms with Crippen molar-refractivity contribution in [3.05, 3.63) is 29.8 Å². The number of para-hydroxylation sites is 1. The van der Waals surface area contributed by atoms with Gasteiger partial charge in [0.05, 0.1) is 6.54 Å². The van der Waals surface area contributed by atoms with Crippen molar-refractivity contribution >= 4 is 35.8 Å². The number of ether oxygens (including phenoxy) is 1. The number of guanidine groups is 1. The topological polar surface area (TPSA) is 57.2 Å². The van der Waals surface area contributed by atoms with Gasteiger partial charge in [-0.25, -0.2) is 4.99 Å². The van der Waals surface area contributed by atoms with Crippen LogP contribution in [-0.4, -0.2) is 61.0 Å². The SMILES string of the molecule is CCNC(=NCc1ccccc1OC(F)F)N1CCN(C(C)=O)CC1.I. The number of halogens is 3. The summed E-state index contributed by atoms with van der Waals surface area (Å²) in [4.78, 5) is 19.8. The van der Waals surface area contributed by atoms with E-state index in [1.54, 1.807) is 30.0 Å². The third kappa shape index (κ3) is 6.58. The molecule has 2 rings (SSSR count). The van der Waals surface area contributed by atoms with E-state index in [1.807, 2.05) is 6.92 Å². The van der Waals surface area contributed by atoms with Crippen molar-refractivity contribution in [3.8, 4) is 5.75 Å². The van der Waals surface area contributed by atoms with Crippen LogP contribution in [0.15, 0.2) is 29.3 Å². The van der Waals surface area contributed by atoms with Crippen LogP contribution >= 0.6 is 24.0 Å². The van der Waals surface area contributed by atoms with E-state index in [4.69, 9.17) is 0 Å². The normalized spacial score (nSPS) is 14.9. The molecule has 6 nitrogen and oxygen atoms in total. The molecule has 1 aromatic carbocycles. The number of hydrogen-bond acceptors (Lipinski definition) is 3. The van der Waals surface area contributed by atoms with Gasteiger partial charge in [-0.2, -0.15) is 8.78 Å². The van der Waals surface area contributed by atoms with Crippen LogP contribution in [0.25, 0.3) is 0 Å². The van der Waals surface area contributed by atoms with Gasteiger partial charge >= 0.3 is 6.61 Å².